The summed E-state index contributed by atoms with van der Waals surface area (Å²) in [4.78, 5) is 26.5. The molecule has 6 nitrogen and oxygen atoms in total. The van der Waals surface area contributed by atoms with Crippen LogP contribution in [-0.4, -0.2) is 29.1 Å². The number of carbonyl (C=O) groups excluding carboxylic acids is 2. The zero-order valence-electron chi connectivity index (χ0n) is 17.7. The Kier molecular flexibility index (Phi) is 7.23. The Morgan fingerprint density at radius 1 is 1.13 bits per heavy atom. The van der Waals surface area contributed by atoms with Gasteiger partial charge in [0.2, 0.25) is 0 Å². The summed E-state index contributed by atoms with van der Waals surface area (Å²) in [6.45, 7) is 4.07. The molecule has 2 aromatic carbocycles. The minimum Gasteiger partial charge on any atom is -0.452 e. The van der Waals surface area contributed by atoms with E-state index in [1.807, 2.05) is 79.2 Å². The molecule has 0 spiro atoms. The standard InChI is InChI=1S/C25H25N3O3/c1-19(2)28(21-9-4-3-5-10-21)24(29)18-31-25(30)14-13-20-17-27(16-8-15-26)23-12-7-6-11-22(20)23/h3-7,9-14,17,19H,8,16,18H2,1-2H3/b14-13+. The molecule has 0 aliphatic rings. The molecule has 0 N–H and O–H groups in total. The summed E-state index contributed by atoms with van der Waals surface area (Å²) >= 11 is 0. The van der Waals surface area contributed by atoms with Crippen molar-refractivity contribution in [3.05, 3.63) is 72.4 Å². The van der Waals surface area contributed by atoms with E-state index in [4.69, 9.17) is 10.00 Å². The van der Waals surface area contributed by atoms with Gasteiger partial charge >= 0.3 is 5.97 Å². The molecule has 0 bridgehead atoms. The van der Waals surface area contributed by atoms with Crippen LogP contribution in [-0.2, 0) is 20.9 Å². The quantitative estimate of drug-likeness (QED) is 0.399. The Morgan fingerprint density at radius 3 is 2.55 bits per heavy atom. The van der Waals surface area contributed by atoms with Crippen molar-refractivity contribution in [2.24, 2.45) is 0 Å². The second-order valence-corrected chi connectivity index (χ2v) is 7.34. The number of amides is 1. The van der Waals surface area contributed by atoms with Gasteiger partial charge in [0.25, 0.3) is 5.91 Å². The first-order valence-electron chi connectivity index (χ1n) is 10.2. The maximum atomic E-state index is 12.6. The predicted octanol–water partition coefficient (Wildman–Crippen LogP) is 4.55. The molecule has 158 valence electrons. The highest BCUT2D eigenvalue weighted by Crippen LogP contribution is 2.23. The molecule has 0 fully saturated rings. The number of nitrogens with zero attached hydrogens (tertiary/aromatic N) is 3. The Hall–Kier alpha value is -3.85. The monoisotopic (exact) mass is 415 g/mol. The van der Waals surface area contributed by atoms with Crippen molar-refractivity contribution < 1.29 is 14.3 Å². The summed E-state index contributed by atoms with van der Waals surface area (Å²) in [7, 11) is 0. The average molecular weight is 415 g/mol. The van der Waals surface area contributed by atoms with Gasteiger partial charge in [0.1, 0.15) is 0 Å². The van der Waals surface area contributed by atoms with E-state index in [1.54, 1.807) is 11.0 Å². The fourth-order valence-electron chi connectivity index (χ4n) is 3.49. The highest BCUT2D eigenvalue weighted by atomic mass is 16.5. The number of aromatic nitrogens is 1. The Morgan fingerprint density at radius 2 is 1.84 bits per heavy atom. The van der Waals surface area contributed by atoms with Gasteiger partial charge in [-0.1, -0.05) is 36.4 Å². The minimum atomic E-state index is -0.584. The average Bonchev–Trinajstić information content (AvgIpc) is 3.13. The summed E-state index contributed by atoms with van der Waals surface area (Å²) in [5.74, 6) is -0.866. The molecule has 3 aromatic rings. The van der Waals surface area contributed by atoms with E-state index in [-0.39, 0.29) is 18.6 Å². The summed E-state index contributed by atoms with van der Waals surface area (Å²) < 4.78 is 7.19. The van der Waals surface area contributed by atoms with Crippen LogP contribution in [0.5, 0.6) is 0 Å². The normalized spacial score (nSPS) is 11.0. The molecule has 1 aromatic heterocycles. The SMILES string of the molecule is CC(C)N(C(=O)COC(=O)/C=C/c1cn(CCC#N)c2ccccc12)c1ccccc1. The first kappa shape index (κ1) is 21.8. The van der Waals surface area contributed by atoms with Gasteiger partial charge in [0.15, 0.2) is 6.61 Å². The molecule has 0 atom stereocenters. The molecule has 0 aliphatic heterocycles. The number of nitriles is 1. The third-order valence-corrected chi connectivity index (χ3v) is 4.84. The first-order chi connectivity index (χ1) is 15.0. The summed E-state index contributed by atoms with van der Waals surface area (Å²) in [6.07, 6.45) is 5.31. The molecule has 1 amide bonds. The van der Waals surface area contributed by atoms with Crippen LogP contribution in [0.4, 0.5) is 5.69 Å². The van der Waals surface area contributed by atoms with Gasteiger partial charge in [0.05, 0.1) is 12.5 Å². The predicted molar refractivity (Wildman–Crippen MR) is 121 cm³/mol. The second kappa shape index (κ2) is 10.3. The smallest absolute Gasteiger partial charge is 0.331 e. The van der Waals surface area contributed by atoms with Crippen LogP contribution in [0.1, 0.15) is 25.8 Å². The number of hydrogen-bond donors (Lipinski definition) is 0. The third kappa shape index (κ3) is 5.40. The van der Waals surface area contributed by atoms with Crippen molar-refractivity contribution >= 4 is 34.5 Å². The number of fused-ring (bicyclic) bond motifs is 1. The van der Waals surface area contributed by atoms with Crippen LogP contribution in [0.2, 0.25) is 0 Å². The highest BCUT2D eigenvalue weighted by Gasteiger charge is 2.20. The Balaban J connectivity index is 1.67. The molecular weight excluding hydrogens is 390 g/mol. The largest absolute Gasteiger partial charge is 0.452 e. The van der Waals surface area contributed by atoms with Crippen LogP contribution in [0.3, 0.4) is 0 Å². The van der Waals surface area contributed by atoms with Crippen molar-refractivity contribution in [2.75, 3.05) is 11.5 Å². The minimum absolute atomic E-state index is 0.0660. The highest BCUT2D eigenvalue weighted by molar-refractivity contribution is 5.98. The number of esters is 1. The number of anilines is 1. The van der Waals surface area contributed by atoms with E-state index < -0.39 is 5.97 Å². The van der Waals surface area contributed by atoms with Crippen molar-refractivity contribution in [3.8, 4) is 6.07 Å². The maximum Gasteiger partial charge on any atom is 0.331 e. The van der Waals surface area contributed by atoms with Crippen LogP contribution >= 0.6 is 0 Å². The summed E-state index contributed by atoms with van der Waals surface area (Å²) in [5, 5.41) is 9.85. The van der Waals surface area contributed by atoms with Crippen LogP contribution in [0.25, 0.3) is 17.0 Å². The van der Waals surface area contributed by atoms with E-state index in [0.717, 1.165) is 22.2 Å². The Labute approximate surface area is 182 Å². The van der Waals surface area contributed by atoms with E-state index in [2.05, 4.69) is 6.07 Å². The van der Waals surface area contributed by atoms with Gasteiger partial charge in [-0.15, -0.1) is 0 Å². The molecule has 0 aliphatic carbocycles. The number of hydrogen-bond acceptors (Lipinski definition) is 4. The summed E-state index contributed by atoms with van der Waals surface area (Å²) in [5.41, 5.74) is 2.61. The molecular formula is C25H25N3O3. The van der Waals surface area contributed by atoms with Gasteiger partial charge in [-0.3, -0.25) is 4.79 Å². The number of rotatable bonds is 8. The number of para-hydroxylation sites is 2. The van der Waals surface area contributed by atoms with Gasteiger partial charge in [-0.2, -0.15) is 5.26 Å². The first-order valence-corrected chi connectivity index (χ1v) is 10.2. The third-order valence-electron chi connectivity index (χ3n) is 4.84. The molecule has 3 rings (SSSR count). The topological polar surface area (TPSA) is 75.3 Å². The number of benzene rings is 2. The maximum absolute atomic E-state index is 12.6. The molecule has 0 saturated heterocycles. The van der Waals surface area contributed by atoms with E-state index in [9.17, 15) is 9.59 Å². The molecule has 0 unspecified atom stereocenters. The zero-order chi connectivity index (χ0) is 22.2. The lowest BCUT2D eigenvalue weighted by molar-refractivity contribution is -0.143. The summed E-state index contributed by atoms with van der Waals surface area (Å²) in [6, 6.07) is 19.2. The fourth-order valence-corrected chi connectivity index (χ4v) is 3.49. The van der Waals surface area contributed by atoms with Crippen molar-refractivity contribution in [2.45, 2.75) is 32.9 Å². The molecule has 31 heavy (non-hydrogen) atoms. The molecule has 0 saturated carbocycles. The molecule has 0 radical (unpaired) electrons. The van der Waals surface area contributed by atoms with Crippen molar-refractivity contribution in [1.82, 2.24) is 4.57 Å². The second-order valence-electron chi connectivity index (χ2n) is 7.34. The zero-order valence-corrected chi connectivity index (χ0v) is 17.7. The van der Waals surface area contributed by atoms with Crippen LogP contribution in [0, 0.1) is 11.3 Å². The lowest BCUT2D eigenvalue weighted by atomic mass is 10.1. The van der Waals surface area contributed by atoms with Crippen molar-refractivity contribution in [1.29, 1.82) is 5.26 Å². The number of ether oxygens (including phenoxy) is 1. The van der Waals surface area contributed by atoms with E-state index >= 15 is 0 Å². The number of carbonyl (C=O) groups is 2. The van der Waals surface area contributed by atoms with Gasteiger partial charge in [-0.25, -0.2) is 4.79 Å². The number of aryl methyl sites for hydroxylation is 1. The Bertz CT molecular complexity index is 1120. The van der Waals surface area contributed by atoms with Gasteiger partial charge in [-0.05, 0) is 38.1 Å². The van der Waals surface area contributed by atoms with Crippen molar-refractivity contribution in [3.63, 3.8) is 0 Å². The van der Waals surface area contributed by atoms with Crippen LogP contribution in [0.15, 0.2) is 66.9 Å². The van der Waals surface area contributed by atoms with E-state index in [1.165, 1.54) is 6.08 Å². The van der Waals surface area contributed by atoms with E-state index in [0.29, 0.717) is 13.0 Å². The van der Waals surface area contributed by atoms with Gasteiger partial charge < -0.3 is 14.2 Å². The lowest BCUT2D eigenvalue weighted by Gasteiger charge is -2.26. The molecule has 6 heteroatoms. The lowest BCUT2D eigenvalue weighted by Crippen LogP contribution is -2.39. The molecule has 1 heterocycles. The fraction of sp³-hybridized carbons (Fsp3) is 0.240. The van der Waals surface area contributed by atoms with Crippen LogP contribution < -0.4 is 4.90 Å². The van der Waals surface area contributed by atoms with Gasteiger partial charge in [0, 0.05) is 47.0 Å².